The van der Waals surface area contributed by atoms with Gasteiger partial charge in [0.15, 0.2) is 0 Å². The third-order valence-corrected chi connectivity index (χ3v) is 3.27. The number of hydrogen-bond donors (Lipinski definition) is 0. The van der Waals surface area contributed by atoms with Crippen LogP contribution >= 0.6 is 11.6 Å². The molecule has 0 fully saturated rings. The number of benzene rings is 1. The van der Waals surface area contributed by atoms with E-state index in [0.29, 0.717) is 16.6 Å². The smallest absolute Gasteiger partial charge is 0.338 e. The van der Waals surface area contributed by atoms with Gasteiger partial charge in [0.05, 0.1) is 18.2 Å². The van der Waals surface area contributed by atoms with Crippen LogP contribution in [0.3, 0.4) is 0 Å². The van der Waals surface area contributed by atoms with Gasteiger partial charge in [0.1, 0.15) is 0 Å². The molecular weight excluding hydrogens is 250 g/mol. The minimum atomic E-state index is -0.355. The van der Waals surface area contributed by atoms with Gasteiger partial charge in [-0.25, -0.2) is 4.79 Å². The van der Waals surface area contributed by atoms with Crippen molar-refractivity contribution in [3.63, 3.8) is 0 Å². The van der Waals surface area contributed by atoms with Gasteiger partial charge in [0.25, 0.3) is 0 Å². The molecule has 0 amide bonds. The van der Waals surface area contributed by atoms with Gasteiger partial charge < -0.3 is 9.30 Å². The van der Waals surface area contributed by atoms with Gasteiger partial charge in [-0.3, -0.25) is 0 Å². The molecule has 0 unspecified atom stereocenters. The fraction of sp³-hybridized carbons (Fsp3) is 0.357. The molecule has 4 heteroatoms. The molecule has 96 valence electrons. The number of aryl methyl sites for hydroxylation is 1. The van der Waals surface area contributed by atoms with Gasteiger partial charge in [-0.1, -0.05) is 11.6 Å². The zero-order valence-electron chi connectivity index (χ0n) is 11.0. The Kier molecular flexibility index (Phi) is 3.35. The van der Waals surface area contributed by atoms with Gasteiger partial charge in [-0.05, 0) is 38.5 Å². The molecule has 3 nitrogen and oxygen atoms in total. The Morgan fingerprint density at radius 1 is 1.39 bits per heavy atom. The topological polar surface area (TPSA) is 31.2 Å². The van der Waals surface area contributed by atoms with Gasteiger partial charge in [-0.2, -0.15) is 0 Å². The largest absolute Gasteiger partial charge is 0.465 e. The van der Waals surface area contributed by atoms with Gasteiger partial charge in [0.2, 0.25) is 0 Å². The van der Waals surface area contributed by atoms with Crippen LogP contribution in [-0.2, 0) is 4.74 Å². The normalized spacial score (nSPS) is 11.2. The monoisotopic (exact) mass is 265 g/mol. The SMILES string of the molecule is COC(=O)c1cc(Cl)cc2c1c(C)cn2C(C)C. The molecular formula is C14H16ClNO2. The van der Waals surface area contributed by atoms with Crippen LogP contribution in [0.2, 0.25) is 5.02 Å². The first-order valence-electron chi connectivity index (χ1n) is 5.84. The average Bonchev–Trinajstić information content (AvgIpc) is 2.64. The number of carbonyl (C=O) groups is 1. The van der Waals surface area contributed by atoms with Crippen molar-refractivity contribution in [3.05, 3.63) is 34.5 Å². The van der Waals surface area contributed by atoms with Crippen LogP contribution in [0.5, 0.6) is 0 Å². The molecule has 18 heavy (non-hydrogen) atoms. The lowest BCUT2D eigenvalue weighted by Gasteiger charge is -2.10. The van der Waals surface area contributed by atoms with E-state index in [1.165, 1.54) is 7.11 Å². The Labute approximate surface area is 111 Å². The summed E-state index contributed by atoms with van der Waals surface area (Å²) in [6.07, 6.45) is 2.04. The number of rotatable bonds is 2. The summed E-state index contributed by atoms with van der Waals surface area (Å²) < 4.78 is 6.93. The molecule has 2 aromatic rings. The van der Waals surface area contributed by atoms with E-state index in [-0.39, 0.29) is 5.97 Å². The van der Waals surface area contributed by atoms with Crippen LogP contribution in [0.4, 0.5) is 0 Å². The van der Waals surface area contributed by atoms with Crippen molar-refractivity contribution in [2.24, 2.45) is 0 Å². The second-order valence-corrected chi connectivity index (χ2v) is 5.09. The summed E-state index contributed by atoms with van der Waals surface area (Å²) in [5.41, 5.74) is 2.54. The van der Waals surface area contributed by atoms with E-state index in [9.17, 15) is 4.79 Å². The van der Waals surface area contributed by atoms with Crippen molar-refractivity contribution in [1.82, 2.24) is 4.57 Å². The number of methoxy groups -OCH3 is 1. The summed E-state index contributed by atoms with van der Waals surface area (Å²) in [6.45, 7) is 6.18. The van der Waals surface area contributed by atoms with Crippen LogP contribution in [-0.4, -0.2) is 17.6 Å². The molecule has 0 saturated heterocycles. The summed E-state index contributed by atoms with van der Waals surface area (Å²) in [6, 6.07) is 3.86. The molecule has 0 aliphatic rings. The second-order valence-electron chi connectivity index (χ2n) is 4.65. The molecule has 0 spiro atoms. The van der Waals surface area contributed by atoms with Crippen LogP contribution in [0.25, 0.3) is 10.9 Å². The minimum Gasteiger partial charge on any atom is -0.465 e. The highest BCUT2D eigenvalue weighted by Gasteiger charge is 2.17. The zero-order valence-corrected chi connectivity index (χ0v) is 11.7. The summed E-state index contributed by atoms with van der Waals surface area (Å²) >= 11 is 6.09. The molecule has 1 aromatic heterocycles. The Balaban J connectivity index is 2.84. The Hall–Kier alpha value is -1.48. The number of fused-ring (bicyclic) bond motifs is 1. The molecule has 0 radical (unpaired) electrons. The van der Waals surface area contributed by atoms with Crippen molar-refractivity contribution in [1.29, 1.82) is 0 Å². The fourth-order valence-corrected chi connectivity index (χ4v) is 2.46. The number of ether oxygens (including phenoxy) is 1. The lowest BCUT2D eigenvalue weighted by atomic mass is 10.1. The highest BCUT2D eigenvalue weighted by molar-refractivity contribution is 6.32. The number of aromatic nitrogens is 1. The van der Waals surface area contributed by atoms with Gasteiger partial charge in [-0.15, -0.1) is 0 Å². The summed E-state index contributed by atoms with van der Waals surface area (Å²) in [5, 5.41) is 1.46. The Morgan fingerprint density at radius 2 is 2.06 bits per heavy atom. The molecule has 1 heterocycles. The predicted molar refractivity (Wildman–Crippen MR) is 73.4 cm³/mol. The van der Waals surface area contributed by atoms with Crippen molar-refractivity contribution < 1.29 is 9.53 Å². The quantitative estimate of drug-likeness (QED) is 0.770. The average molecular weight is 266 g/mol. The number of esters is 1. The van der Waals surface area contributed by atoms with Crippen molar-refractivity contribution in [2.45, 2.75) is 26.8 Å². The van der Waals surface area contributed by atoms with Crippen molar-refractivity contribution >= 4 is 28.5 Å². The molecule has 0 aliphatic carbocycles. The van der Waals surface area contributed by atoms with Gasteiger partial charge in [0, 0.05) is 22.6 Å². The first-order valence-corrected chi connectivity index (χ1v) is 6.22. The van der Waals surface area contributed by atoms with Crippen LogP contribution in [0, 0.1) is 6.92 Å². The second kappa shape index (κ2) is 4.65. The van der Waals surface area contributed by atoms with Gasteiger partial charge >= 0.3 is 5.97 Å². The maximum atomic E-state index is 11.8. The maximum Gasteiger partial charge on any atom is 0.338 e. The van der Waals surface area contributed by atoms with E-state index in [1.807, 2.05) is 19.2 Å². The van der Waals surface area contributed by atoms with E-state index < -0.39 is 0 Å². The fourth-order valence-electron chi connectivity index (χ4n) is 2.25. The summed E-state index contributed by atoms with van der Waals surface area (Å²) in [5.74, 6) is -0.355. The van der Waals surface area contributed by atoms with E-state index in [4.69, 9.17) is 16.3 Å². The maximum absolute atomic E-state index is 11.8. The van der Waals surface area contributed by atoms with E-state index in [2.05, 4.69) is 18.4 Å². The van der Waals surface area contributed by atoms with Crippen LogP contribution in [0.15, 0.2) is 18.3 Å². The first kappa shape index (κ1) is 13.0. The lowest BCUT2D eigenvalue weighted by Crippen LogP contribution is -2.03. The molecule has 0 bridgehead atoms. The number of nitrogens with zero attached hydrogens (tertiary/aromatic N) is 1. The number of hydrogen-bond acceptors (Lipinski definition) is 2. The lowest BCUT2D eigenvalue weighted by molar-refractivity contribution is 0.0603. The highest BCUT2D eigenvalue weighted by atomic mass is 35.5. The molecule has 0 atom stereocenters. The van der Waals surface area contributed by atoms with E-state index in [0.717, 1.165) is 16.5 Å². The molecule has 0 aliphatic heterocycles. The standard InChI is InChI=1S/C14H16ClNO2/c1-8(2)16-7-9(3)13-11(14(17)18-4)5-10(15)6-12(13)16/h5-8H,1-4H3. The van der Waals surface area contributed by atoms with Crippen LogP contribution in [0.1, 0.15) is 35.8 Å². The number of halogens is 1. The first-order chi connectivity index (χ1) is 8.45. The van der Waals surface area contributed by atoms with Crippen molar-refractivity contribution in [2.75, 3.05) is 7.11 Å². The Morgan fingerprint density at radius 3 is 2.61 bits per heavy atom. The molecule has 2 rings (SSSR count). The zero-order chi connectivity index (χ0) is 13.4. The Bertz CT molecular complexity index is 614. The van der Waals surface area contributed by atoms with E-state index in [1.54, 1.807) is 6.07 Å². The predicted octanol–water partition coefficient (Wildman–Crippen LogP) is 3.97. The summed E-state index contributed by atoms with van der Waals surface area (Å²) in [7, 11) is 1.38. The molecule has 0 saturated carbocycles. The third-order valence-electron chi connectivity index (χ3n) is 3.05. The van der Waals surface area contributed by atoms with E-state index >= 15 is 0 Å². The summed E-state index contributed by atoms with van der Waals surface area (Å²) in [4.78, 5) is 11.8. The minimum absolute atomic E-state index is 0.310. The third kappa shape index (κ3) is 1.99. The molecule has 0 N–H and O–H groups in total. The molecule has 1 aromatic carbocycles. The van der Waals surface area contributed by atoms with Crippen molar-refractivity contribution in [3.8, 4) is 0 Å². The highest BCUT2D eigenvalue weighted by Crippen LogP contribution is 2.30. The van der Waals surface area contributed by atoms with Crippen LogP contribution < -0.4 is 0 Å². The number of carbonyl (C=O) groups excluding carboxylic acids is 1.